The zero-order chi connectivity index (χ0) is 15.3. The van der Waals surface area contributed by atoms with E-state index in [1.807, 2.05) is 0 Å². The minimum absolute atomic E-state index is 0.00655. The summed E-state index contributed by atoms with van der Waals surface area (Å²) in [5.74, 6) is 5.85. The molecule has 0 saturated heterocycles. The van der Waals surface area contributed by atoms with Crippen molar-refractivity contribution in [2.75, 3.05) is 6.54 Å². The van der Waals surface area contributed by atoms with Crippen LogP contribution >= 0.6 is 11.6 Å². The minimum Gasteiger partial charge on any atom is -0.360 e. The van der Waals surface area contributed by atoms with E-state index in [0.29, 0.717) is 11.3 Å². The topological polar surface area (TPSA) is 98.2 Å². The predicted molar refractivity (Wildman–Crippen MR) is 77.9 cm³/mol. The molecule has 1 aromatic carbocycles. The highest BCUT2D eigenvalue weighted by molar-refractivity contribution is 7.89. The number of aromatic nitrogens is 1. The molecule has 0 saturated carbocycles. The van der Waals surface area contributed by atoms with E-state index >= 15 is 0 Å². The minimum atomic E-state index is -3.75. The van der Waals surface area contributed by atoms with E-state index in [1.54, 1.807) is 12.1 Å². The van der Waals surface area contributed by atoms with Crippen molar-refractivity contribution in [3.63, 3.8) is 0 Å². The standard InChI is InChI=1S/C13H12ClN3O3S/c14-12-8-10(2-1-6-15)3-4-13(12)21(18,19)17-9-11-5-7-16-20-11/h3-5,7-8,17H,6,9,15H2. The Morgan fingerprint density at radius 1 is 1.38 bits per heavy atom. The number of hydrogen-bond donors (Lipinski definition) is 2. The van der Waals surface area contributed by atoms with E-state index in [-0.39, 0.29) is 23.0 Å². The lowest BCUT2D eigenvalue weighted by atomic mass is 10.2. The van der Waals surface area contributed by atoms with Gasteiger partial charge in [0.05, 0.1) is 24.3 Å². The maximum absolute atomic E-state index is 12.2. The fraction of sp³-hybridized carbons (Fsp3) is 0.154. The van der Waals surface area contributed by atoms with Crippen molar-refractivity contribution in [1.82, 2.24) is 9.88 Å². The van der Waals surface area contributed by atoms with Crippen LogP contribution in [-0.4, -0.2) is 20.1 Å². The monoisotopic (exact) mass is 325 g/mol. The Hall–Kier alpha value is -1.85. The molecular formula is C13H12ClN3O3S. The molecule has 2 aromatic rings. The normalized spacial score (nSPS) is 11.0. The zero-order valence-corrected chi connectivity index (χ0v) is 12.4. The van der Waals surface area contributed by atoms with E-state index in [1.165, 1.54) is 18.3 Å². The first-order valence-corrected chi connectivity index (χ1v) is 7.77. The van der Waals surface area contributed by atoms with Crippen molar-refractivity contribution in [3.8, 4) is 11.8 Å². The number of nitrogens with two attached hydrogens (primary N) is 1. The maximum Gasteiger partial charge on any atom is 0.242 e. The van der Waals surface area contributed by atoms with E-state index < -0.39 is 10.0 Å². The molecule has 8 heteroatoms. The van der Waals surface area contributed by atoms with Crippen LogP contribution in [0.15, 0.2) is 39.9 Å². The van der Waals surface area contributed by atoms with Gasteiger partial charge >= 0.3 is 0 Å². The van der Waals surface area contributed by atoms with Gasteiger partial charge in [-0.3, -0.25) is 0 Å². The van der Waals surface area contributed by atoms with E-state index in [9.17, 15) is 8.42 Å². The fourth-order valence-electron chi connectivity index (χ4n) is 1.53. The lowest BCUT2D eigenvalue weighted by Crippen LogP contribution is -2.23. The summed E-state index contributed by atoms with van der Waals surface area (Å²) in [5, 5.41) is 3.58. The van der Waals surface area contributed by atoms with Crippen LogP contribution in [0.4, 0.5) is 0 Å². The van der Waals surface area contributed by atoms with Crippen molar-refractivity contribution in [1.29, 1.82) is 0 Å². The summed E-state index contributed by atoms with van der Waals surface area (Å²) in [7, 11) is -3.75. The van der Waals surface area contributed by atoms with Gasteiger partial charge in [-0.25, -0.2) is 13.1 Å². The summed E-state index contributed by atoms with van der Waals surface area (Å²) in [4.78, 5) is -0.0259. The molecule has 0 aliphatic carbocycles. The second kappa shape index (κ2) is 6.74. The number of rotatable bonds is 4. The van der Waals surface area contributed by atoms with Gasteiger partial charge in [-0.1, -0.05) is 28.6 Å². The van der Waals surface area contributed by atoms with Crippen LogP contribution < -0.4 is 10.5 Å². The van der Waals surface area contributed by atoms with E-state index in [4.69, 9.17) is 21.9 Å². The van der Waals surface area contributed by atoms with Gasteiger partial charge in [0.2, 0.25) is 10.0 Å². The summed E-state index contributed by atoms with van der Waals surface area (Å²) in [6.07, 6.45) is 1.43. The summed E-state index contributed by atoms with van der Waals surface area (Å²) in [6, 6.07) is 6.01. The molecule has 0 amide bonds. The molecule has 6 nitrogen and oxygen atoms in total. The van der Waals surface area contributed by atoms with Crippen LogP contribution in [0.25, 0.3) is 0 Å². The lowest BCUT2D eigenvalue weighted by molar-refractivity contribution is 0.380. The van der Waals surface area contributed by atoms with Crippen LogP contribution in [0.2, 0.25) is 5.02 Å². The smallest absolute Gasteiger partial charge is 0.242 e. The summed E-state index contributed by atoms with van der Waals surface area (Å²) in [5.41, 5.74) is 5.87. The Kier molecular flexibility index (Phi) is 4.98. The Morgan fingerprint density at radius 2 is 2.19 bits per heavy atom. The Bertz CT molecular complexity index is 777. The quantitative estimate of drug-likeness (QED) is 0.821. The summed E-state index contributed by atoms with van der Waals surface area (Å²) in [6.45, 7) is 0.212. The fourth-order valence-corrected chi connectivity index (χ4v) is 3.06. The molecule has 0 radical (unpaired) electrons. The van der Waals surface area contributed by atoms with Crippen molar-refractivity contribution < 1.29 is 12.9 Å². The Morgan fingerprint density at radius 3 is 2.81 bits per heavy atom. The van der Waals surface area contributed by atoms with Crippen LogP contribution in [0.1, 0.15) is 11.3 Å². The zero-order valence-electron chi connectivity index (χ0n) is 10.8. The molecule has 0 aliphatic heterocycles. The summed E-state index contributed by atoms with van der Waals surface area (Å²) >= 11 is 6.00. The van der Waals surface area contributed by atoms with Gasteiger partial charge in [0.1, 0.15) is 4.90 Å². The predicted octanol–water partition coefficient (Wildman–Crippen LogP) is 1.12. The highest BCUT2D eigenvalue weighted by Gasteiger charge is 2.18. The maximum atomic E-state index is 12.2. The average Bonchev–Trinajstić information content (AvgIpc) is 2.96. The molecule has 0 bridgehead atoms. The van der Waals surface area contributed by atoms with Crippen molar-refractivity contribution in [3.05, 3.63) is 46.8 Å². The van der Waals surface area contributed by atoms with Crippen LogP contribution in [0.5, 0.6) is 0 Å². The molecule has 1 heterocycles. The average molecular weight is 326 g/mol. The third-order valence-electron chi connectivity index (χ3n) is 2.48. The summed E-state index contributed by atoms with van der Waals surface area (Å²) < 4.78 is 31.5. The second-order valence-corrected chi connectivity index (χ2v) is 6.10. The van der Waals surface area contributed by atoms with Crippen molar-refractivity contribution in [2.45, 2.75) is 11.4 Å². The molecule has 2 rings (SSSR count). The number of hydrogen-bond acceptors (Lipinski definition) is 5. The third kappa shape index (κ3) is 4.06. The van der Waals surface area contributed by atoms with Gasteiger partial charge in [-0.05, 0) is 18.2 Å². The molecule has 0 spiro atoms. The number of halogens is 1. The molecule has 0 unspecified atom stereocenters. The first-order chi connectivity index (χ1) is 10.0. The van der Waals surface area contributed by atoms with Crippen LogP contribution in [-0.2, 0) is 16.6 Å². The Balaban J connectivity index is 2.19. The largest absolute Gasteiger partial charge is 0.360 e. The van der Waals surface area contributed by atoms with Gasteiger partial charge in [-0.15, -0.1) is 0 Å². The van der Waals surface area contributed by atoms with Crippen LogP contribution in [0.3, 0.4) is 0 Å². The number of nitrogens with zero attached hydrogens (tertiary/aromatic N) is 1. The van der Waals surface area contributed by atoms with E-state index in [0.717, 1.165) is 0 Å². The Labute approximate surface area is 127 Å². The van der Waals surface area contributed by atoms with E-state index in [2.05, 4.69) is 21.7 Å². The van der Waals surface area contributed by atoms with Crippen molar-refractivity contribution >= 4 is 21.6 Å². The molecule has 0 atom stereocenters. The molecular weight excluding hydrogens is 314 g/mol. The number of sulfonamides is 1. The SMILES string of the molecule is NCC#Cc1ccc(S(=O)(=O)NCc2ccno2)c(Cl)c1. The molecule has 1 aromatic heterocycles. The van der Waals surface area contributed by atoms with Crippen molar-refractivity contribution in [2.24, 2.45) is 5.73 Å². The highest BCUT2D eigenvalue weighted by atomic mass is 35.5. The second-order valence-electron chi connectivity index (χ2n) is 3.95. The van der Waals surface area contributed by atoms with Gasteiger partial charge in [0, 0.05) is 11.6 Å². The number of benzene rings is 1. The van der Waals surface area contributed by atoms with Gasteiger partial charge in [0.15, 0.2) is 5.76 Å². The molecule has 21 heavy (non-hydrogen) atoms. The molecule has 0 aliphatic rings. The first-order valence-electron chi connectivity index (χ1n) is 5.90. The first kappa shape index (κ1) is 15.5. The van der Waals surface area contributed by atoms with Crippen LogP contribution in [0, 0.1) is 11.8 Å². The van der Waals surface area contributed by atoms with Gasteiger partial charge in [0.25, 0.3) is 0 Å². The molecule has 110 valence electrons. The lowest BCUT2D eigenvalue weighted by Gasteiger charge is -2.07. The number of nitrogens with one attached hydrogen (secondary N) is 1. The highest BCUT2D eigenvalue weighted by Crippen LogP contribution is 2.22. The molecule has 0 fully saturated rings. The third-order valence-corrected chi connectivity index (χ3v) is 4.37. The molecule has 3 N–H and O–H groups in total. The van der Waals surface area contributed by atoms with Gasteiger partial charge < -0.3 is 10.3 Å². The van der Waals surface area contributed by atoms with Gasteiger partial charge in [-0.2, -0.15) is 0 Å².